The highest BCUT2D eigenvalue weighted by Crippen LogP contribution is 2.44. The fourth-order valence-electron chi connectivity index (χ4n) is 4.05. The number of carboxylic acid groups (broad SMARTS) is 1. The van der Waals surface area contributed by atoms with Crippen LogP contribution in [0.2, 0.25) is 0 Å². The largest absolute Gasteiger partial charge is 0.481 e. The minimum atomic E-state index is -1.52. The summed E-state index contributed by atoms with van der Waals surface area (Å²) in [5.74, 6) is -1.67. The predicted molar refractivity (Wildman–Crippen MR) is 123 cm³/mol. The number of benzene rings is 2. The Kier molecular flexibility index (Phi) is 7.71. The minimum Gasteiger partial charge on any atom is -0.481 e. The number of alkyl carbamates (subject to hydrolysis) is 1. The minimum absolute atomic E-state index is 0.0232. The third kappa shape index (κ3) is 6.55. The molecule has 0 saturated carbocycles. The van der Waals surface area contributed by atoms with E-state index in [1.54, 1.807) is 6.92 Å². The van der Waals surface area contributed by atoms with E-state index in [2.05, 4.69) is 34.9 Å². The van der Waals surface area contributed by atoms with Crippen molar-refractivity contribution in [3.63, 3.8) is 0 Å². The first-order valence-electron chi connectivity index (χ1n) is 11.0. The summed E-state index contributed by atoms with van der Waals surface area (Å²) in [6.07, 6.45) is -0.896. The molecule has 33 heavy (non-hydrogen) atoms. The molecule has 0 aliphatic heterocycles. The van der Waals surface area contributed by atoms with E-state index >= 15 is 0 Å². The average Bonchev–Trinajstić information content (AvgIpc) is 3.08. The molecule has 3 rings (SSSR count). The average molecular weight is 455 g/mol. The molecule has 2 unspecified atom stereocenters. The Balaban J connectivity index is 1.43. The molecular weight excluding hydrogens is 424 g/mol. The van der Waals surface area contributed by atoms with Crippen molar-refractivity contribution in [3.8, 4) is 11.1 Å². The number of carbonyl (C=O) groups is 3. The molecule has 0 bridgehead atoms. The maximum atomic E-state index is 12.3. The summed E-state index contributed by atoms with van der Waals surface area (Å²) >= 11 is 0. The molecular formula is C25H30N2O6. The van der Waals surface area contributed by atoms with E-state index in [9.17, 15) is 19.5 Å². The molecule has 176 valence electrons. The van der Waals surface area contributed by atoms with Crippen molar-refractivity contribution in [2.24, 2.45) is 5.92 Å². The summed E-state index contributed by atoms with van der Waals surface area (Å²) in [7, 11) is 0. The van der Waals surface area contributed by atoms with Crippen LogP contribution in [-0.2, 0) is 14.3 Å². The van der Waals surface area contributed by atoms with Crippen LogP contribution in [0.25, 0.3) is 11.1 Å². The molecule has 8 heteroatoms. The second kappa shape index (κ2) is 10.5. The molecule has 2 amide bonds. The third-order valence-electron chi connectivity index (χ3n) is 5.67. The monoisotopic (exact) mass is 454 g/mol. The first-order chi connectivity index (χ1) is 15.7. The Morgan fingerprint density at radius 1 is 1.03 bits per heavy atom. The van der Waals surface area contributed by atoms with E-state index in [0.29, 0.717) is 0 Å². The van der Waals surface area contributed by atoms with E-state index in [0.717, 1.165) is 22.3 Å². The lowest BCUT2D eigenvalue weighted by Crippen LogP contribution is -2.42. The molecule has 2 aromatic rings. The second-order valence-electron chi connectivity index (χ2n) is 8.86. The molecule has 0 fully saturated rings. The van der Waals surface area contributed by atoms with E-state index in [-0.39, 0.29) is 43.9 Å². The molecule has 1 aliphatic carbocycles. The van der Waals surface area contributed by atoms with Gasteiger partial charge in [-0.1, -0.05) is 55.5 Å². The molecule has 2 aromatic carbocycles. The van der Waals surface area contributed by atoms with Crippen LogP contribution in [0.4, 0.5) is 4.79 Å². The predicted octanol–water partition coefficient (Wildman–Crippen LogP) is 2.89. The summed E-state index contributed by atoms with van der Waals surface area (Å²) in [6, 6.07) is 16.2. The molecule has 0 radical (unpaired) electrons. The van der Waals surface area contributed by atoms with Crippen molar-refractivity contribution >= 4 is 18.0 Å². The van der Waals surface area contributed by atoms with Gasteiger partial charge in [-0.05, 0) is 35.1 Å². The maximum absolute atomic E-state index is 12.3. The van der Waals surface area contributed by atoms with Gasteiger partial charge in [-0.25, -0.2) is 4.79 Å². The second-order valence-corrected chi connectivity index (χ2v) is 8.86. The Morgan fingerprint density at radius 2 is 1.61 bits per heavy atom. The molecule has 4 N–H and O–H groups in total. The number of rotatable bonds is 10. The molecule has 1 aliphatic rings. The fraction of sp³-hybridized carbons (Fsp3) is 0.400. The molecule has 0 spiro atoms. The number of nitrogens with one attached hydrogen (secondary N) is 2. The van der Waals surface area contributed by atoms with Crippen LogP contribution in [0.3, 0.4) is 0 Å². The van der Waals surface area contributed by atoms with Crippen molar-refractivity contribution in [1.82, 2.24) is 10.6 Å². The standard InChI is InChI=1S/C25H30N2O6/c1-16(11-22(28)27-15-25(2,32)12-23(29)30)13-26-24(31)33-14-21-19-9-5-3-7-17(19)18-8-4-6-10-20(18)21/h3-10,16,21,32H,11-15H2,1-2H3,(H,26,31)(H,27,28)(H,29,30). The molecule has 0 saturated heterocycles. The van der Waals surface area contributed by atoms with Crippen LogP contribution in [0.1, 0.15) is 43.7 Å². The smallest absolute Gasteiger partial charge is 0.407 e. The van der Waals surface area contributed by atoms with Crippen LogP contribution in [0.5, 0.6) is 0 Å². The zero-order valence-corrected chi connectivity index (χ0v) is 18.8. The first-order valence-corrected chi connectivity index (χ1v) is 11.0. The zero-order valence-electron chi connectivity index (χ0n) is 18.8. The summed E-state index contributed by atoms with van der Waals surface area (Å²) < 4.78 is 5.48. The van der Waals surface area contributed by atoms with E-state index in [1.807, 2.05) is 24.3 Å². The number of carboxylic acids is 1. The van der Waals surface area contributed by atoms with Crippen LogP contribution in [0, 0.1) is 5.92 Å². The van der Waals surface area contributed by atoms with Gasteiger partial charge in [-0.2, -0.15) is 0 Å². The highest BCUT2D eigenvalue weighted by atomic mass is 16.5. The van der Waals surface area contributed by atoms with Gasteiger partial charge in [-0.3, -0.25) is 9.59 Å². The van der Waals surface area contributed by atoms with Gasteiger partial charge >= 0.3 is 12.1 Å². The third-order valence-corrected chi connectivity index (χ3v) is 5.67. The van der Waals surface area contributed by atoms with Gasteiger partial charge in [0.05, 0.1) is 12.0 Å². The quantitative estimate of drug-likeness (QED) is 0.438. The summed E-state index contributed by atoms with van der Waals surface area (Å²) in [5, 5.41) is 23.9. The molecule has 8 nitrogen and oxygen atoms in total. The summed E-state index contributed by atoms with van der Waals surface area (Å²) in [4.78, 5) is 35.0. The van der Waals surface area contributed by atoms with Crippen molar-refractivity contribution in [2.75, 3.05) is 19.7 Å². The van der Waals surface area contributed by atoms with Crippen molar-refractivity contribution < 1.29 is 29.3 Å². The first kappa shape index (κ1) is 24.3. The highest BCUT2D eigenvalue weighted by Gasteiger charge is 2.29. The highest BCUT2D eigenvalue weighted by molar-refractivity contribution is 5.79. The zero-order chi connectivity index (χ0) is 24.0. The van der Waals surface area contributed by atoms with Gasteiger partial charge in [0.25, 0.3) is 0 Å². The van der Waals surface area contributed by atoms with Crippen molar-refractivity contribution in [1.29, 1.82) is 0 Å². The fourth-order valence-corrected chi connectivity index (χ4v) is 4.05. The Morgan fingerprint density at radius 3 is 2.18 bits per heavy atom. The number of amides is 2. The lowest BCUT2D eigenvalue weighted by molar-refractivity contribution is -0.142. The Labute approximate surface area is 193 Å². The van der Waals surface area contributed by atoms with Gasteiger partial charge in [0, 0.05) is 25.4 Å². The van der Waals surface area contributed by atoms with Crippen LogP contribution < -0.4 is 10.6 Å². The van der Waals surface area contributed by atoms with Gasteiger partial charge in [-0.15, -0.1) is 0 Å². The number of hydrogen-bond acceptors (Lipinski definition) is 5. The van der Waals surface area contributed by atoms with E-state index in [4.69, 9.17) is 9.84 Å². The Hall–Kier alpha value is -3.39. The normalized spacial score (nSPS) is 15.0. The molecule has 0 heterocycles. The lowest BCUT2D eigenvalue weighted by Gasteiger charge is -2.22. The van der Waals surface area contributed by atoms with Crippen molar-refractivity contribution in [3.05, 3.63) is 59.7 Å². The van der Waals surface area contributed by atoms with Gasteiger partial charge < -0.3 is 25.6 Å². The molecule has 2 atom stereocenters. The van der Waals surface area contributed by atoms with Crippen LogP contribution in [0.15, 0.2) is 48.5 Å². The maximum Gasteiger partial charge on any atom is 0.407 e. The number of aliphatic hydroxyl groups is 1. The van der Waals surface area contributed by atoms with E-state index in [1.165, 1.54) is 6.92 Å². The van der Waals surface area contributed by atoms with Gasteiger partial charge in [0.1, 0.15) is 6.61 Å². The van der Waals surface area contributed by atoms with Crippen molar-refractivity contribution in [2.45, 2.75) is 38.2 Å². The number of aliphatic carboxylic acids is 1. The number of hydrogen-bond donors (Lipinski definition) is 4. The number of fused-ring (bicyclic) bond motifs is 3. The SMILES string of the molecule is CC(CNC(=O)OCC1c2ccccc2-c2ccccc21)CC(=O)NCC(C)(O)CC(=O)O. The summed E-state index contributed by atoms with van der Waals surface area (Å²) in [6.45, 7) is 3.45. The van der Waals surface area contributed by atoms with E-state index < -0.39 is 24.1 Å². The topological polar surface area (TPSA) is 125 Å². The van der Waals surface area contributed by atoms with Gasteiger partial charge in [0.2, 0.25) is 5.91 Å². The van der Waals surface area contributed by atoms with Crippen LogP contribution in [-0.4, -0.2) is 53.5 Å². The van der Waals surface area contributed by atoms with Crippen LogP contribution >= 0.6 is 0 Å². The summed E-state index contributed by atoms with van der Waals surface area (Å²) in [5.41, 5.74) is 3.06. The Bertz CT molecular complexity index is 974. The number of carbonyl (C=O) groups excluding carboxylic acids is 2. The number of ether oxygens (including phenoxy) is 1. The molecule has 0 aromatic heterocycles. The van der Waals surface area contributed by atoms with Gasteiger partial charge in [0.15, 0.2) is 0 Å². The lowest BCUT2D eigenvalue weighted by atomic mass is 9.98.